The molecule has 5 atom stereocenters. The lowest BCUT2D eigenvalue weighted by molar-refractivity contribution is -0.143. The highest BCUT2D eigenvalue weighted by atomic mass is 16.7. The van der Waals surface area contributed by atoms with Gasteiger partial charge in [0.15, 0.2) is 11.5 Å². The lowest BCUT2D eigenvalue weighted by Gasteiger charge is -2.29. The Labute approximate surface area is 220 Å². The number of carbonyl (C=O) groups is 2. The highest BCUT2D eigenvalue weighted by Gasteiger charge is 2.46. The van der Waals surface area contributed by atoms with Crippen LogP contribution in [0.4, 0.5) is 0 Å². The number of fused-ring (bicyclic) bond motifs is 1. The zero-order valence-corrected chi connectivity index (χ0v) is 22.7. The van der Waals surface area contributed by atoms with Crippen LogP contribution in [0.1, 0.15) is 63.6 Å². The molecule has 0 radical (unpaired) electrons. The molecule has 1 amide bonds. The van der Waals surface area contributed by atoms with Gasteiger partial charge in [0.1, 0.15) is 5.75 Å². The van der Waals surface area contributed by atoms with Crippen LogP contribution in [0.25, 0.3) is 0 Å². The normalized spacial score (nSPS) is 21.9. The monoisotopic (exact) mass is 512 g/mol. The quantitative estimate of drug-likeness (QED) is 0.476. The molecule has 0 aliphatic carbocycles. The molecule has 2 heterocycles. The van der Waals surface area contributed by atoms with E-state index in [1.165, 1.54) is 0 Å². The van der Waals surface area contributed by atoms with Crippen molar-refractivity contribution in [1.82, 2.24) is 9.80 Å². The molecule has 2 aromatic rings. The SMILES string of the molecule is CCC(C)N(C=O)C(C)CC.COc1ccc(C2C(C(=O)O)C(c3ccc4c(c3)OCO4)CN2C)cc1. The van der Waals surface area contributed by atoms with E-state index in [9.17, 15) is 14.7 Å². The average molecular weight is 513 g/mol. The molecule has 0 bridgehead atoms. The fraction of sp³-hybridized carbons (Fsp3) is 0.517. The van der Waals surface area contributed by atoms with E-state index in [4.69, 9.17) is 14.2 Å². The Morgan fingerprint density at radius 1 is 1.08 bits per heavy atom. The van der Waals surface area contributed by atoms with Crippen LogP contribution in [-0.2, 0) is 9.59 Å². The number of rotatable bonds is 9. The maximum absolute atomic E-state index is 12.2. The van der Waals surface area contributed by atoms with Gasteiger partial charge in [0.05, 0.1) is 13.0 Å². The van der Waals surface area contributed by atoms with Gasteiger partial charge in [-0.2, -0.15) is 0 Å². The molecule has 4 rings (SSSR count). The standard InChI is InChI=1S/C20H21NO5.C9H19NO/c1-21-10-15(13-5-8-16-17(9-13)26-11-25-16)18(20(22)23)19(21)12-3-6-14(24-2)7-4-12;1-5-8(3)10(7-11)9(4)6-2/h3-9,15,18-19H,10-11H2,1-2H3,(H,22,23);7-9H,5-6H2,1-4H3. The van der Waals surface area contributed by atoms with E-state index < -0.39 is 11.9 Å². The van der Waals surface area contributed by atoms with E-state index in [1.807, 2.05) is 54.4 Å². The van der Waals surface area contributed by atoms with E-state index >= 15 is 0 Å². The summed E-state index contributed by atoms with van der Waals surface area (Å²) in [6.45, 7) is 9.24. The number of amides is 1. The predicted octanol–water partition coefficient (Wildman–Crippen LogP) is 4.94. The van der Waals surface area contributed by atoms with Gasteiger partial charge in [-0.05, 0) is 69.1 Å². The smallest absolute Gasteiger partial charge is 0.309 e. The maximum atomic E-state index is 12.2. The number of methoxy groups -OCH3 is 1. The number of ether oxygens (including phenoxy) is 3. The van der Waals surface area contributed by atoms with Crippen LogP contribution in [0.15, 0.2) is 42.5 Å². The molecule has 1 fully saturated rings. The third-order valence-corrected chi connectivity index (χ3v) is 7.62. The highest BCUT2D eigenvalue weighted by molar-refractivity contribution is 5.74. The van der Waals surface area contributed by atoms with Crippen LogP contribution in [0.5, 0.6) is 17.2 Å². The average Bonchev–Trinajstić information content (AvgIpc) is 3.52. The molecule has 1 saturated heterocycles. The van der Waals surface area contributed by atoms with Crippen LogP contribution in [0.2, 0.25) is 0 Å². The lowest BCUT2D eigenvalue weighted by atomic mass is 9.83. The summed E-state index contributed by atoms with van der Waals surface area (Å²) in [4.78, 5) is 26.8. The Morgan fingerprint density at radius 3 is 2.22 bits per heavy atom. The molecule has 0 saturated carbocycles. The summed E-state index contributed by atoms with van der Waals surface area (Å²) < 4.78 is 16.0. The van der Waals surface area contributed by atoms with Crippen molar-refractivity contribution in [1.29, 1.82) is 0 Å². The van der Waals surface area contributed by atoms with E-state index in [-0.39, 0.29) is 18.8 Å². The van der Waals surface area contributed by atoms with Crippen molar-refractivity contribution < 1.29 is 28.9 Å². The van der Waals surface area contributed by atoms with Crippen molar-refractivity contribution in [2.45, 2.75) is 64.6 Å². The molecule has 8 heteroatoms. The summed E-state index contributed by atoms with van der Waals surface area (Å²) in [5.41, 5.74) is 1.94. The number of likely N-dealkylation sites (tertiary alicyclic amines) is 1. The molecular weight excluding hydrogens is 472 g/mol. The third kappa shape index (κ3) is 6.36. The van der Waals surface area contributed by atoms with Gasteiger partial charge in [-0.15, -0.1) is 0 Å². The largest absolute Gasteiger partial charge is 0.497 e. The molecule has 202 valence electrons. The Bertz CT molecular complexity index is 1030. The molecule has 5 unspecified atom stereocenters. The minimum Gasteiger partial charge on any atom is -0.497 e. The second kappa shape index (κ2) is 12.8. The summed E-state index contributed by atoms with van der Waals surface area (Å²) in [5, 5.41) is 9.98. The van der Waals surface area contributed by atoms with Crippen molar-refractivity contribution in [3.8, 4) is 17.2 Å². The number of hydrogen-bond acceptors (Lipinski definition) is 6. The number of nitrogens with zero attached hydrogens (tertiary/aromatic N) is 2. The van der Waals surface area contributed by atoms with E-state index in [0.717, 1.165) is 36.1 Å². The van der Waals surface area contributed by atoms with E-state index in [1.54, 1.807) is 7.11 Å². The lowest BCUT2D eigenvalue weighted by Crippen LogP contribution is -2.38. The highest BCUT2D eigenvalue weighted by Crippen LogP contribution is 2.47. The molecule has 2 aliphatic heterocycles. The predicted molar refractivity (Wildman–Crippen MR) is 142 cm³/mol. The first kappa shape index (κ1) is 28.3. The Kier molecular flexibility index (Phi) is 9.80. The minimum atomic E-state index is -0.794. The Hall–Kier alpha value is -3.26. The van der Waals surface area contributed by atoms with Gasteiger partial charge in [0, 0.05) is 30.6 Å². The molecule has 2 aliphatic rings. The van der Waals surface area contributed by atoms with Crippen molar-refractivity contribution in [3.05, 3.63) is 53.6 Å². The first-order valence-corrected chi connectivity index (χ1v) is 12.9. The van der Waals surface area contributed by atoms with E-state index in [0.29, 0.717) is 30.1 Å². The number of benzene rings is 2. The third-order valence-electron chi connectivity index (χ3n) is 7.62. The molecule has 37 heavy (non-hydrogen) atoms. The molecule has 1 N–H and O–H groups in total. The Morgan fingerprint density at radius 2 is 1.68 bits per heavy atom. The molecule has 0 aromatic heterocycles. The number of aliphatic carboxylic acids is 1. The number of carboxylic acid groups (broad SMARTS) is 1. The van der Waals surface area contributed by atoms with Gasteiger partial charge in [-0.25, -0.2) is 0 Å². The van der Waals surface area contributed by atoms with Crippen molar-refractivity contribution >= 4 is 12.4 Å². The van der Waals surface area contributed by atoms with Gasteiger partial charge in [-0.3, -0.25) is 14.5 Å². The zero-order valence-electron chi connectivity index (χ0n) is 22.7. The van der Waals surface area contributed by atoms with Gasteiger partial charge in [-0.1, -0.05) is 32.0 Å². The van der Waals surface area contributed by atoms with Crippen LogP contribution in [0, 0.1) is 5.92 Å². The number of carbonyl (C=O) groups excluding carboxylic acids is 1. The summed E-state index contributed by atoms with van der Waals surface area (Å²) in [5.74, 6) is 0.681. The summed E-state index contributed by atoms with van der Waals surface area (Å²) >= 11 is 0. The summed E-state index contributed by atoms with van der Waals surface area (Å²) in [6.07, 6.45) is 3.02. The van der Waals surface area contributed by atoms with Crippen molar-refractivity contribution in [2.24, 2.45) is 5.92 Å². The topological polar surface area (TPSA) is 88.5 Å². The second-order valence-corrected chi connectivity index (χ2v) is 9.81. The molecule has 0 spiro atoms. The summed E-state index contributed by atoms with van der Waals surface area (Å²) in [7, 11) is 3.59. The van der Waals surface area contributed by atoms with Crippen LogP contribution in [-0.4, -0.2) is 66.9 Å². The van der Waals surface area contributed by atoms with Crippen LogP contribution < -0.4 is 14.2 Å². The maximum Gasteiger partial charge on any atom is 0.309 e. The van der Waals surface area contributed by atoms with Gasteiger partial charge in [0.25, 0.3) is 0 Å². The fourth-order valence-corrected chi connectivity index (χ4v) is 5.12. The molecule has 2 aromatic carbocycles. The minimum absolute atomic E-state index is 0.126. The molecular formula is C29H40N2O6. The van der Waals surface area contributed by atoms with Gasteiger partial charge < -0.3 is 24.2 Å². The fourth-order valence-electron chi connectivity index (χ4n) is 5.12. The van der Waals surface area contributed by atoms with Gasteiger partial charge in [0.2, 0.25) is 13.2 Å². The van der Waals surface area contributed by atoms with Crippen molar-refractivity contribution in [3.63, 3.8) is 0 Å². The summed E-state index contributed by atoms with van der Waals surface area (Å²) in [6, 6.07) is 13.9. The number of carboxylic acids is 1. The molecule has 8 nitrogen and oxygen atoms in total. The zero-order chi connectivity index (χ0) is 27.1. The van der Waals surface area contributed by atoms with E-state index in [2.05, 4.69) is 32.6 Å². The number of hydrogen-bond donors (Lipinski definition) is 1. The first-order valence-electron chi connectivity index (χ1n) is 12.9. The van der Waals surface area contributed by atoms with Crippen molar-refractivity contribution in [2.75, 3.05) is 27.5 Å². The number of likely N-dealkylation sites (N-methyl/N-ethyl adjacent to an activating group) is 1. The van der Waals surface area contributed by atoms with Crippen LogP contribution in [0.3, 0.4) is 0 Å². The first-order chi connectivity index (χ1) is 17.7. The Balaban J connectivity index is 0.000000295. The second-order valence-electron chi connectivity index (χ2n) is 9.81. The van der Waals surface area contributed by atoms with Crippen LogP contribution >= 0.6 is 0 Å². The van der Waals surface area contributed by atoms with Gasteiger partial charge >= 0.3 is 5.97 Å².